The third kappa shape index (κ3) is 1.90. The number of nitrogens with one attached hydrogen (secondary N) is 2. The zero-order chi connectivity index (χ0) is 17.9. The predicted octanol–water partition coefficient (Wildman–Crippen LogP) is 0.382. The molecule has 2 saturated heterocycles. The quantitative estimate of drug-likeness (QED) is 0.775. The van der Waals surface area contributed by atoms with Crippen molar-refractivity contribution in [1.82, 2.24) is 10.2 Å². The van der Waals surface area contributed by atoms with Crippen LogP contribution < -0.4 is 10.6 Å². The van der Waals surface area contributed by atoms with E-state index in [0.717, 1.165) is 16.8 Å². The monoisotopic (exact) mass is 343 g/mol. The summed E-state index contributed by atoms with van der Waals surface area (Å²) in [5.74, 6) is -2.05. The van der Waals surface area contributed by atoms with Crippen molar-refractivity contribution >= 4 is 23.4 Å². The lowest BCUT2D eigenvalue weighted by Gasteiger charge is -2.29. The standard InChI is InChI=1S/C18H21N3O4/c1-9-5-4-6-11-14(9)19-17(24)18(11)13-12(10(2)20-18)15(22)21(16(13)23)7-8-25-3/h4-6,10,12-13,20H,7-8H2,1-3H3,(H,19,24)/t10-,12+,13-,18+/m0/s1. The lowest BCUT2D eigenvalue weighted by atomic mass is 9.76. The molecule has 0 bridgehead atoms. The Morgan fingerprint density at radius 3 is 2.72 bits per heavy atom. The highest BCUT2D eigenvalue weighted by molar-refractivity contribution is 6.15. The highest BCUT2D eigenvalue weighted by Crippen LogP contribution is 2.53. The molecule has 2 fully saturated rings. The van der Waals surface area contributed by atoms with Crippen LogP contribution in [0, 0.1) is 18.8 Å². The number of hydrogen-bond donors (Lipinski definition) is 2. The number of likely N-dealkylation sites (tertiary alicyclic amines) is 1. The fourth-order valence-corrected chi connectivity index (χ4v) is 4.60. The van der Waals surface area contributed by atoms with Crippen molar-refractivity contribution < 1.29 is 19.1 Å². The normalized spacial score (nSPS) is 33.2. The fourth-order valence-electron chi connectivity index (χ4n) is 4.60. The summed E-state index contributed by atoms with van der Waals surface area (Å²) in [6.45, 7) is 4.28. The number of ether oxygens (including phenoxy) is 1. The summed E-state index contributed by atoms with van der Waals surface area (Å²) in [4.78, 5) is 40.1. The summed E-state index contributed by atoms with van der Waals surface area (Å²) in [7, 11) is 1.53. The molecule has 4 rings (SSSR count). The molecular formula is C18H21N3O4. The van der Waals surface area contributed by atoms with Gasteiger partial charge >= 0.3 is 0 Å². The number of methoxy groups -OCH3 is 1. The molecule has 7 heteroatoms. The molecular weight excluding hydrogens is 322 g/mol. The number of hydrogen-bond acceptors (Lipinski definition) is 5. The van der Waals surface area contributed by atoms with Crippen LogP contribution in [0.25, 0.3) is 0 Å². The Morgan fingerprint density at radius 2 is 2.00 bits per heavy atom. The first-order valence-electron chi connectivity index (χ1n) is 8.47. The molecule has 0 saturated carbocycles. The van der Waals surface area contributed by atoms with Gasteiger partial charge < -0.3 is 10.1 Å². The molecule has 3 aliphatic heterocycles. The van der Waals surface area contributed by atoms with E-state index in [9.17, 15) is 14.4 Å². The van der Waals surface area contributed by atoms with Crippen molar-refractivity contribution in [2.24, 2.45) is 11.8 Å². The van der Waals surface area contributed by atoms with Crippen LogP contribution in [0.5, 0.6) is 0 Å². The molecule has 3 heterocycles. The Morgan fingerprint density at radius 1 is 1.24 bits per heavy atom. The van der Waals surface area contributed by atoms with Gasteiger partial charge in [-0.1, -0.05) is 18.2 Å². The molecule has 0 radical (unpaired) electrons. The van der Waals surface area contributed by atoms with Crippen LogP contribution in [0.2, 0.25) is 0 Å². The lowest BCUT2D eigenvalue weighted by molar-refractivity contribution is -0.143. The first-order chi connectivity index (χ1) is 11.9. The molecule has 0 unspecified atom stereocenters. The second kappa shape index (κ2) is 5.37. The fraction of sp³-hybridized carbons (Fsp3) is 0.500. The van der Waals surface area contributed by atoms with Crippen LogP contribution in [0.3, 0.4) is 0 Å². The highest BCUT2D eigenvalue weighted by atomic mass is 16.5. The van der Waals surface area contributed by atoms with Gasteiger partial charge in [0.25, 0.3) is 0 Å². The number of amides is 3. The number of benzene rings is 1. The van der Waals surface area contributed by atoms with E-state index in [4.69, 9.17) is 4.74 Å². The van der Waals surface area contributed by atoms with Crippen LogP contribution in [0.4, 0.5) is 5.69 Å². The Bertz CT molecular complexity index is 793. The molecule has 132 valence electrons. The molecule has 7 nitrogen and oxygen atoms in total. The average Bonchev–Trinajstić information content (AvgIpc) is 3.13. The van der Waals surface area contributed by atoms with Gasteiger partial charge in [-0.2, -0.15) is 0 Å². The molecule has 1 aromatic carbocycles. The topological polar surface area (TPSA) is 87.7 Å². The molecule has 1 spiro atoms. The summed E-state index contributed by atoms with van der Waals surface area (Å²) < 4.78 is 5.02. The van der Waals surface area contributed by atoms with Gasteiger partial charge in [-0.25, -0.2) is 0 Å². The van der Waals surface area contributed by atoms with E-state index >= 15 is 0 Å². The van der Waals surface area contributed by atoms with Crippen LogP contribution >= 0.6 is 0 Å². The summed E-state index contributed by atoms with van der Waals surface area (Å²) in [5, 5.41) is 6.21. The van der Waals surface area contributed by atoms with E-state index in [1.807, 2.05) is 32.0 Å². The van der Waals surface area contributed by atoms with Gasteiger partial charge in [0.05, 0.1) is 25.0 Å². The van der Waals surface area contributed by atoms with Crippen molar-refractivity contribution in [2.45, 2.75) is 25.4 Å². The van der Waals surface area contributed by atoms with Crippen molar-refractivity contribution in [3.63, 3.8) is 0 Å². The summed E-state index contributed by atoms with van der Waals surface area (Å²) >= 11 is 0. The number of carbonyl (C=O) groups excluding carboxylic acids is 3. The third-order valence-electron chi connectivity index (χ3n) is 5.72. The molecule has 25 heavy (non-hydrogen) atoms. The Labute approximate surface area is 145 Å². The van der Waals surface area contributed by atoms with Crippen molar-refractivity contribution in [3.05, 3.63) is 29.3 Å². The number of rotatable bonds is 3. The molecule has 0 aromatic heterocycles. The van der Waals surface area contributed by atoms with Crippen molar-refractivity contribution in [2.75, 3.05) is 25.6 Å². The lowest BCUT2D eigenvalue weighted by Crippen LogP contribution is -2.53. The maximum atomic E-state index is 13.1. The minimum absolute atomic E-state index is 0.215. The van der Waals surface area contributed by atoms with Crippen molar-refractivity contribution in [1.29, 1.82) is 0 Å². The Balaban J connectivity index is 1.84. The first-order valence-corrected chi connectivity index (χ1v) is 8.47. The predicted molar refractivity (Wildman–Crippen MR) is 89.7 cm³/mol. The van der Waals surface area contributed by atoms with Crippen LogP contribution in [0.15, 0.2) is 18.2 Å². The second-order valence-electron chi connectivity index (χ2n) is 7.02. The van der Waals surface area contributed by atoms with Crippen LogP contribution in [0.1, 0.15) is 18.1 Å². The zero-order valence-electron chi connectivity index (χ0n) is 14.5. The van der Waals surface area contributed by atoms with E-state index < -0.39 is 17.4 Å². The largest absolute Gasteiger partial charge is 0.383 e. The number of para-hydroxylation sites is 1. The number of nitrogens with zero attached hydrogens (tertiary/aromatic N) is 1. The summed E-state index contributed by atoms with van der Waals surface area (Å²) in [6, 6.07) is 5.38. The minimum Gasteiger partial charge on any atom is -0.383 e. The summed E-state index contributed by atoms with van der Waals surface area (Å²) in [6.07, 6.45) is 0. The number of imide groups is 1. The second-order valence-corrected chi connectivity index (χ2v) is 7.02. The Hall–Kier alpha value is -2.25. The Kier molecular flexibility index (Phi) is 3.49. The molecule has 4 atom stereocenters. The van der Waals surface area contributed by atoms with Crippen LogP contribution in [-0.4, -0.2) is 48.9 Å². The molecule has 1 aromatic rings. The number of fused-ring (bicyclic) bond motifs is 4. The highest BCUT2D eigenvalue weighted by Gasteiger charge is 2.69. The average molecular weight is 343 g/mol. The van der Waals surface area contributed by atoms with Gasteiger partial charge in [-0.05, 0) is 19.4 Å². The smallest absolute Gasteiger partial charge is 0.250 e. The van der Waals surface area contributed by atoms with Crippen molar-refractivity contribution in [3.8, 4) is 0 Å². The zero-order valence-corrected chi connectivity index (χ0v) is 14.5. The number of carbonyl (C=O) groups is 3. The maximum Gasteiger partial charge on any atom is 0.250 e. The van der Waals surface area contributed by atoms with Gasteiger partial charge in [0.2, 0.25) is 17.7 Å². The number of aryl methyl sites for hydroxylation is 1. The van der Waals surface area contributed by atoms with E-state index in [-0.39, 0.29) is 36.9 Å². The summed E-state index contributed by atoms with van der Waals surface area (Å²) in [5.41, 5.74) is 1.25. The van der Waals surface area contributed by atoms with E-state index in [2.05, 4.69) is 10.6 Å². The molecule has 2 N–H and O–H groups in total. The van der Waals surface area contributed by atoms with Gasteiger partial charge in [-0.15, -0.1) is 0 Å². The minimum atomic E-state index is -1.18. The first kappa shape index (κ1) is 16.2. The van der Waals surface area contributed by atoms with Gasteiger partial charge in [0, 0.05) is 24.4 Å². The third-order valence-corrected chi connectivity index (χ3v) is 5.72. The van der Waals surface area contributed by atoms with Gasteiger partial charge in [0.1, 0.15) is 5.54 Å². The van der Waals surface area contributed by atoms with E-state index in [0.29, 0.717) is 0 Å². The molecule has 3 aliphatic rings. The molecule has 3 amide bonds. The number of anilines is 1. The van der Waals surface area contributed by atoms with Gasteiger partial charge in [-0.3, -0.25) is 24.6 Å². The van der Waals surface area contributed by atoms with Crippen LogP contribution in [-0.2, 0) is 24.7 Å². The van der Waals surface area contributed by atoms with E-state index in [1.54, 1.807) is 0 Å². The SMILES string of the molecule is COCCN1C(=O)[C@@H]2[C@H](C)N[C@@]3(C(=O)Nc4c(C)cccc43)[C@@H]2C1=O. The molecule has 0 aliphatic carbocycles. The maximum absolute atomic E-state index is 13.1. The van der Waals surface area contributed by atoms with Gasteiger partial charge in [0.15, 0.2) is 0 Å². The van der Waals surface area contributed by atoms with E-state index in [1.165, 1.54) is 12.0 Å².